The van der Waals surface area contributed by atoms with Gasteiger partial charge in [-0.05, 0) is 37.6 Å². The topological polar surface area (TPSA) is 65.5 Å². The highest BCUT2D eigenvalue weighted by Gasteiger charge is 2.14. The van der Waals surface area contributed by atoms with Gasteiger partial charge in [0.05, 0.1) is 6.54 Å². The van der Waals surface area contributed by atoms with Gasteiger partial charge in [0.15, 0.2) is 0 Å². The maximum Gasteiger partial charge on any atom is 0.254 e. The number of likely N-dealkylation sites (N-methyl/N-ethyl adjacent to an activating group) is 1. The van der Waals surface area contributed by atoms with E-state index < -0.39 is 0 Å². The summed E-state index contributed by atoms with van der Waals surface area (Å²) in [6, 6.07) is 12.8. The molecule has 0 spiro atoms. The average Bonchev–Trinajstić information content (AvgIpc) is 2.68. The molecule has 2 aromatic rings. The van der Waals surface area contributed by atoms with Crippen LogP contribution < -0.4 is 10.2 Å². The van der Waals surface area contributed by atoms with E-state index in [9.17, 15) is 9.59 Å². The molecule has 26 heavy (non-hydrogen) atoms. The van der Waals surface area contributed by atoms with Gasteiger partial charge in [-0.1, -0.05) is 24.3 Å². The second-order valence-electron chi connectivity index (χ2n) is 6.00. The summed E-state index contributed by atoms with van der Waals surface area (Å²) >= 11 is 0. The zero-order valence-corrected chi connectivity index (χ0v) is 15.6. The van der Waals surface area contributed by atoms with E-state index in [1.807, 2.05) is 18.2 Å². The van der Waals surface area contributed by atoms with E-state index in [1.165, 1.54) is 4.90 Å². The number of nitrogens with zero attached hydrogens (tertiary/aromatic N) is 3. The minimum absolute atomic E-state index is 0.0126. The number of hydrogen-bond acceptors (Lipinski definition) is 4. The Labute approximate surface area is 154 Å². The molecule has 0 aliphatic heterocycles. The van der Waals surface area contributed by atoms with Crippen molar-refractivity contribution < 1.29 is 9.59 Å². The Morgan fingerprint density at radius 1 is 1.04 bits per heavy atom. The van der Waals surface area contributed by atoms with E-state index in [2.05, 4.69) is 29.0 Å². The van der Waals surface area contributed by atoms with Crippen molar-refractivity contribution >= 4 is 17.6 Å². The van der Waals surface area contributed by atoms with Crippen LogP contribution in [0.15, 0.2) is 48.7 Å². The molecule has 6 nitrogen and oxygen atoms in total. The first-order chi connectivity index (χ1) is 12.5. The minimum atomic E-state index is -0.204. The van der Waals surface area contributed by atoms with Crippen molar-refractivity contribution in [2.45, 2.75) is 20.4 Å². The number of nitrogens with one attached hydrogen (secondary N) is 1. The van der Waals surface area contributed by atoms with Crippen LogP contribution in [0.4, 0.5) is 5.82 Å². The third-order valence-corrected chi connectivity index (χ3v) is 4.13. The summed E-state index contributed by atoms with van der Waals surface area (Å²) in [6.45, 7) is 6.39. The first-order valence-corrected chi connectivity index (χ1v) is 8.82. The molecule has 0 radical (unpaired) electrons. The summed E-state index contributed by atoms with van der Waals surface area (Å²) in [7, 11) is 1.62. The lowest BCUT2D eigenvalue weighted by Crippen LogP contribution is -2.38. The summed E-state index contributed by atoms with van der Waals surface area (Å²) in [5.41, 5.74) is 1.49. The first kappa shape index (κ1) is 19.4. The van der Waals surface area contributed by atoms with Crippen molar-refractivity contribution in [3.63, 3.8) is 0 Å². The van der Waals surface area contributed by atoms with Gasteiger partial charge in [-0.15, -0.1) is 0 Å². The predicted octanol–water partition coefficient (Wildman–Crippen LogP) is 2.32. The number of amides is 2. The minimum Gasteiger partial charge on any atom is -0.357 e. The molecule has 0 fully saturated rings. The monoisotopic (exact) mass is 354 g/mol. The summed E-state index contributed by atoms with van der Waals surface area (Å²) in [5.74, 6) is 0.550. The van der Waals surface area contributed by atoms with Crippen molar-refractivity contribution in [2.75, 3.05) is 31.6 Å². The van der Waals surface area contributed by atoms with Crippen LogP contribution in [-0.2, 0) is 11.3 Å². The SMILES string of the molecule is CCN(CC)c1ccc(CNC(=O)CN(C)C(=O)c2ccccc2)cn1. The molecule has 0 atom stereocenters. The van der Waals surface area contributed by atoms with Gasteiger partial charge in [0.2, 0.25) is 5.91 Å². The Kier molecular flexibility index (Phi) is 7.14. The van der Waals surface area contributed by atoms with E-state index in [-0.39, 0.29) is 18.4 Å². The molecular formula is C20H26N4O2. The normalized spacial score (nSPS) is 10.3. The Hall–Kier alpha value is -2.89. The van der Waals surface area contributed by atoms with E-state index in [0.29, 0.717) is 12.1 Å². The second-order valence-corrected chi connectivity index (χ2v) is 6.00. The molecule has 0 saturated heterocycles. The quantitative estimate of drug-likeness (QED) is 0.790. The molecular weight excluding hydrogens is 328 g/mol. The van der Waals surface area contributed by atoms with Crippen molar-refractivity contribution in [2.24, 2.45) is 0 Å². The smallest absolute Gasteiger partial charge is 0.254 e. The highest BCUT2D eigenvalue weighted by Crippen LogP contribution is 2.10. The fourth-order valence-corrected chi connectivity index (χ4v) is 2.60. The molecule has 0 aliphatic rings. The largest absolute Gasteiger partial charge is 0.357 e. The van der Waals surface area contributed by atoms with Crippen LogP contribution in [0.25, 0.3) is 0 Å². The van der Waals surface area contributed by atoms with Gasteiger partial charge >= 0.3 is 0 Å². The average molecular weight is 354 g/mol. The fraction of sp³-hybridized carbons (Fsp3) is 0.350. The van der Waals surface area contributed by atoms with Crippen molar-refractivity contribution in [1.29, 1.82) is 0 Å². The second kappa shape index (κ2) is 9.56. The zero-order chi connectivity index (χ0) is 18.9. The lowest BCUT2D eigenvalue weighted by atomic mass is 10.2. The molecule has 1 heterocycles. The molecule has 0 bridgehead atoms. The van der Waals surface area contributed by atoms with Gasteiger partial charge in [-0.2, -0.15) is 0 Å². The zero-order valence-electron chi connectivity index (χ0n) is 15.6. The van der Waals surface area contributed by atoms with Gasteiger partial charge in [0.25, 0.3) is 5.91 Å². The number of anilines is 1. The third-order valence-electron chi connectivity index (χ3n) is 4.13. The van der Waals surface area contributed by atoms with E-state index in [4.69, 9.17) is 0 Å². The summed E-state index contributed by atoms with van der Waals surface area (Å²) < 4.78 is 0. The molecule has 2 rings (SSSR count). The van der Waals surface area contributed by atoms with Crippen molar-refractivity contribution in [1.82, 2.24) is 15.2 Å². The number of carbonyl (C=O) groups is 2. The molecule has 1 aromatic carbocycles. The number of hydrogen-bond donors (Lipinski definition) is 1. The number of pyridine rings is 1. The Morgan fingerprint density at radius 2 is 1.73 bits per heavy atom. The van der Waals surface area contributed by atoms with Gasteiger partial charge in [-0.25, -0.2) is 4.98 Å². The van der Waals surface area contributed by atoms with E-state index in [0.717, 1.165) is 24.5 Å². The van der Waals surface area contributed by atoms with Crippen molar-refractivity contribution in [3.8, 4) is 0 Å². The summed E-state index contributed by atoms with van der Waals surface area (Å²) in [4.78, 5) is 32.3. The molecule has 0 saturated carbocycles. The van der Waals surface area contributed by atoms with Gasteiger partial charge in [-0.3, -0.25) is 9.59 Å². The first-order valence-electron chi connectivity index (χ1n) is 8.82. The van der Waals surface area contributed by atoms with Crippen LogP contribution in [0, 0.1) is 0 Å². The van der Waals surface area contributed by atoms with E-state index >= 15 is 0 Å². The van der Waals surface area contributed by atoms with Crippen LogP contribution >= 0.6 is 0 Å². The maximum absolute atomic E-state index is 12.2. The van der Waals surface area contributed by atoms with Gasteiger partial charge in [0, 0.05) is 38.4 Å². The Morgan fingerprint density at radius 3 is 2.31 bits per heavy atom. The molecule has 1 N–H and O–H groups in total. The van der Waals surface area contributed by atoms with Gasteiger partial charge < -0.3 is 15.1 Å². The van der Waals surface area contributed by atoms with Crippen LogP contribution in [0.5, 0.6) is 0 Å². The highest BCUT2D eigenvalue weighted by atomic mass is 16.2. The maximum atomic E-state index is 12.2. The van der Waals surface area contributed by atoms with Crippen LogP contribution in [0.3, 0.4) is 0 Å². The number of carbonyl (C=O) groups excluding carboxylic acids is 2. The standard InChI is InChI=1S/C20H26N4O2/c1-4-24(5-2)18-12-11-16(13-21-18)14-22-19(25)15-23(3)20(26)17-9-7-6-8-10-17/h6-13H,4-5,14-15H2,1-3H3,(H,22,25). The van der Waals surface area contributed by atoms with Crippen LogP contribution in [0.1, 0.15) is 29.8 Å². The fourth-order valence-electron chi connectivity index (χ4n) is 2.60. The highest BCUT2D eigenvalue weighted by molar-refractivity contribution is 5.96. The molecule has 6 heteroatoms. The van der Waals surface area contributed by atoms with Gasteiger partial charge in [0.1, 0.15) is 5.82 Å². The Balaban J connectivity index is 1.84. The molecule has 2 amide bonds. The molecule has 138 valence electrons. The number of aromatic nitrogens is 1. The van der Waals surface area contributed by atoms with Crippen molar-refractivity contribution in [3.05, 3.63) is 59.8 Å². The number of rotatable bonds is 8. The summed E-state index contributed by atoms with van der Waals surface area (Å²) in [5, 5.41) is 2.83. The Bertz CT molecular complexity index is 712. The molecule has 1 aromatic heterocycles. The van der Waals surface area contributed by atoms with Crippen LogP contribution in [-0.4, -0.2) is 48.4 Å². The third kappa shape index (κ3) is 5.31. The van der Waals surface area contributed by atoms with E-state index in [1.54, 1.807) is 37.5 Å². The lowest BCUT2D eigenvalue weighted by Gasteiger charge is -2.20. The summed E-state index contributed by atoms with van der Waals surface area (Å²) in [6.07, 6.45) is 1.77. The predicted molar refractivity (Wildman–Crippen MR) is 103 cm³/mol. The molecule has 0 unspecified atom stereocenters. The number of benzene rings is 1. The van der Waals surface area contributed by atoms with Crippen LogP contribution in [0.2, 0.25) is 0 Å². The molecule has 0 aliphatic carbocycles. The lowest BCUT2D eigenvalue weighted by molar-refractivity contribution is -0.121.